The third-order valence-electron chi connectivity index (χ3n) is 5.75. The van der Waals surface area contributed by atoms with Crippen LogP contribution in [0.4, 0.5) is 0 Å². The molecular weight excluding hydrogens is 342 g/mol. The van der Waals surface area contributed by atoms with Gasteiger partial charge in [0.15, 0.2) is 0 Å². The molecule has 1 amide bonds. The van der Waals surface area contributed by atoms with E-state index < -0.39 is 0 Å². The van der Waals surface area contributed by atoms with Crippen molar-refractivity contribution in [2.45, 2.75) is 38.1 Å². The lowest BCUT2D eigenvalue weighted by Crippen LogP contribution is -2.39. The van der Waals surface area contributed by atoms with Crippen molar-refractivity contribution in [1.29, 1.82) is 0 Å². The smallest absolute Gasteiger partial charge is 0.253 e. The lowest BCUT2D eigenvalue weighted by Gasteiger charge is -2.32. The lowest BCUT2D eigenvalue weighted by atomic mass is 9.96. The fourth-order valence-corrected chi connectivity index (χ4v) is 4.17. The number of nitrogens with zero attached hydrogens (tertiary/aromatic N) is 5. The third kappa shape index (κ3) is 3.83. The van der Waals surface area contributed by atoms with Crippen LogP contribution in [-0.2, 0) is 13.6 Å². The van der Waals surface area contributed by atoms with E-state index in [0.717, 1.165) is 50.7 Å². The van der Waals surface area contributed by atoms with Crippen molar-refractivity contribution < 1.29 is 9.90 Å². The van der Waals surface area contributed by atoms with E-state index in [0.29, 0.717) is 12.1 Å². The maximum absolute atomic E-state index is 12.8. The number of hydrogen-bond donors (Lipinski definition) is 1. The van der Waals surface area contributed by atoms with Crippen molar-refractivity contribution in [2.24, 2.45) is 7.05 Å². The van der Waals surface area contributed by atoms with Gasteiger partial charge in [0.05, 0.1) is 6.54 Å². The number of aromatic nitrogens is 3. The van der Waals surface area contributed by atoms with Crippen LogP contribution in [0.1, 0.15) is 53.6 Å². The van der Waals surface area contributed by atoms with Crippen molar-refractivity contribution in [1.82, 2.24) is 24.6 Å². The summed E-state index contributed by atoms with van der Waals surface area (Å²) >= 11 is 0. The predicted molar refractivity (Wildman–Crippen MR) is 101 cm³/mol. The van der Waals surface area contributed by atoms with Crippen molar-refractivity contribution in [3.05, 3.63) is 41.5 Å². The van der Waals surface area contributed by atoms with E-state index >= 15 is 0 Å². The molecule has 2 aromatic rings. The zero-order valence-corrected chi connectivity index (χ0v) is 15.8. The highest BCUT2D eigenvalue weighted by atomic mass is 16.3. The van der Waals surface area contributed by atoms with Crippen LogP contribution in [0, 0.1) is 0 Å². The van der Waals surface area contributed by atoms with E-state index in [-0.39, 0.29) is 17.6 Å². The predicted octanol–water partition coefficient (Wildman–Crippen LogP) is 2.14. The van der Waals surface area contributed by atoms with Gasteiger partial charge in [-0.05, 0) is 63.0 Å². The minimum absolute atomic E-state index is 0.0131. The summed E-state index contributed by atoms with van der Waals surface area (Å²) in [6, 6.07) is 6.47. The SMILES string of the molecule is Cn1c(CN2CCCC2)nnc1[C@H]1CCCN(C(=O)c2ccc(O)cc2)C1. The summed E-state index contributed by atoms with van der Waals surface area (Å²) in [6.45, 7) is 4.55. The first kappa shape index (κ1) is 18.0. The summed E-state index contributed by atoms with van der Waals surface area (Å²) in [7, 11) is 2.04. The minimum atomic E-state index is 0.0131. The topological polar surface area (TPSA) is 74.5 Å². The first-order chi connectivity index (χ1) is 13.1. The average molecular weight is 369 g/mol. The molecule has 7 heteroatoms. The molecule has 1 atom stereocenters. The number of piperidine rings is 1. The van der Waals surface area contributed by atoms with Gasteiger partial charge < -0.3 is 14.6 Å². The van der Waals surface area contributed by atoms with Gasteiger partial charge in [-0.3, -0.25) is 9.69 Å². The molecule has 2 aliphatic rings. The highest BCUT2D eigenvalue weighted by molar-refractivity contribution is 5.94. The fourth-order valence-electron chi connectivity index (χ4n) is 4.17. The van der Waals surface area contributed by atoms with Gasteiger partial charge in [-0.15, -0.1) is 10.2 Å². The molecule has 144 valence electrons. The summed E-state index contributed by atoms with van der Waals surface area (Å²) in [5, 5.41) is 18.3. The van der Waals surface area contributed by atoms with Gasteiger partial charge in [0.1, 0.15) is 17.4 Å². The number of carbonyl (C=O) groups is 1. The molecule has 0 spiro atoms. The monoisotopic (exact) mass is 369 g/mol. The van der Waals surface area contributed by atoms with Gasteiger partial charge >= 0.3 is 0 Å². The first-order valence-electron chi connectivity index (χ1n) is 9.80. The number of phenols is 1. The zero-order valence-electron chi connectivity index (χ0n) is 15.8. The second-order valence-corrected chi connectivity index (χ2v) is 7.65. The Bertz CT molecular complexity index is 795. The first-order valence-corrected chi connectivity index (χ1v) is 9.80. The minimum Gasteiger partial charge on any atom is -0.508 e. The molecule has 4 rings (SSSR count). The molecule has 2 aliphatic heterocycles. The van der Waals surface area contributed by atoms with Crippen LogP contribution in [0.2, 0.25) is 0 Å². The number of hydrogen-bond acceptors (Lipinski definition) is 5. The van der Waals surface area contributed by atoms with Crippen molar-refractivity contribution >= 4 is 5.91 Å². The molecule has 0 aliphatic carbocycles. The number of phenolic OH excluding ortho intramolecular Hbond substituents is 1. The molecular formula is C20H27N5O2. The van der Waals surface area contributed by atoms with Crippen molar-refractivity contribution in [3.8, 4) is 5.75 Å². The standard InChI is InChI=1S/C20H27N5O2/c1-23-18(14-24-10-2-3-11-24)21-22-19(23)16-5-4-12-25(13-16)20(27)15-6-8-17(26)9-7-15/h6-9,16,26H,2-5,10-14H2,1H3/t16-/m0/s1. The van der Waals surface area contributed by atoms with Crippen LogP contribution >= 0.6 is 0 Å². The van der Waals surface area contributed by atoms with Crippen LogP contribution in [0.5, 0.6) is 5.75 Å². The van der Waals surface area contributed by atoms with Crippen LogP contribution in [0.15, 0.2) is 24.3 Å². The second-order valence-electron chi connectivity index (χ2n) is 7.65. The molecule has 1 aromatic carbocycles. The molecule has 27 heavy (non-hydrogen) atoms. The van der Waals surface area contributed by atoms with Gasteiger partial charge in [-0.2, -0.15) is 0 Å². The van der Waals surface area contributed by atoms with E-state index in [1.807, 2.05) is 11.9 Å². The summed E-state index contributed by atoms with van der Waals surface area (Å²) in [5.74, 6) is 2.39. The van der Waals surface area contributed by atoms with Crippen molar-refractivity contribution in [2.75, 3.05) is 26.2 Å². The number of carbonyl (C=O) groups excluding carboxylic acids is 1. The molecule has 0 saturated carbocycles. The summed E-state index contributed by atoms with van der Waals surface area (Å²) < 4.78 is 2.12. The molecule has 0 bridgehead atoms. The van der Waals surface area contributed by atoms with E-state index in [4.69, 9.17) is 0 Å². The quantitative estimate of drug-likeness (QED) is 0.894. The summed E-state index contributed by atoms with van der Waals surface area (Å²) in [6.07, 6.45) is 4.52. The molecule has 1 aromatic heterocycles. The molecule has 0 unspecified atom stereocenters. The Balaban J connectivity index is 1.45. The maximum Gasteiger partial charge on any atom is 0.253 e. The Morgan fingerprint density at radius 1 is 1.11 bits per heavy atom. The Hall–Kier alpha value is -2.41. The Morgan fingerprint density at radius 2 is 1.85 bits per heavy atom. The Morgan fingerprint density at radius 3 is 2.59 bits per heavy atom. The van der Waals surface area contributed by atoms with Crippen LogP contribution in [0.25, 0.3) is 0 Å². The molecule has 0 radical (unpaired) electrons. The maximum atomic E-state index is 12.8. The number of aromatic hydroxyl groups is 1. The average Bonchev–Trinajstić information content (AvgIpc) is 3.33. The summed E-state index contributed by atoms with van der Waals surface area (Å²) in [5.41, 5.74) is 0.612. The largest absolute Gasteiger partial charge is 0.508 e. The Kier molecular flexibility index (Phi) is 5.11. The number of amides is 1. The van der Waals surface area contributed by atoms with Gasteiger partial charge in [0, 0.05) is 31.6 Å². The Labute approximate surface area is 159 Å². The molecule has 2 fully saturated rings. The molecule has 1 N–H and O–H groups in total. The highest BCUT2D eigenvalue weighted by Gasteiger charge is 2.29. The second kappa shape index (κ2) is 7.68. The van der Waals surface area contributed by atoms with Crippen LogP contribution in [-0.4, -0.2) is 61.8 Å². The molecule has 3 heterocycles. The van der Waals surface area contributed by atoms with E-state index in [1.54, 1.807) is 24.3 Å². The van der Waals surface area contributed by atoms with Crippen LogP contribution < -0.4 is 0 Å². The third-order valence-corrected chi connectivity index (χ3v) is 5.75. The molecule has 2 saturated heterocycles. The van der Waals surface area contributed by atoms with Gasteiger partial charge in [0.25, 0.3) is 5.91 Å². The van der Waals surface area contributed by atoms with Crippen molar-refractivity contribution in [3.63, 3.8) is 0 Å². The number of rotatable bonds is 4. The van der Waals surface area contributed by atoms with E-state index in [1.165, 1.54) is 12.8 Å². The fraction of sp³-hybridized carbons (Fsp3) is 0.550. The summed E-state index contributed by atoms with van der Waals surface area (Å²) in [4.78, 5) is 17.1. The highest BCUT2D eigenvalue weighted by Crippen LogP contribution is 2.27. The molecule has 7 nitrogen and oxygen atoms in total. The lowest BCUT2D eigenvalue weighted by molar-refractivity contribution is 0.0703. The van der Waals surface area contributed by atoms with Gasteiger partial charge in [0.2, 0.25) is 0 Å². The van der Waals surface area contributed by atoms with E-state index in [9.17, 15) is 9.90 Å². The van der Waals surface area contributed by atoms with Gasteiger partial charge in [-0.25, -0.2) is 0 Å². The van der Waals surface area contributed by atoms with Gasteiger partial charge in [-0.1, -0.05) is 0 Å². The van der Waals surface area contributed by atoms with E-state index in [2.05, 4.69) is 19.7 Å². The number of benzene rings is 1. The zero-order chi connectivity index (χ0) is 18.8. The normalized spacial score (nSPS) is 20.9. The van der Waals surface area contributed by atoms with Crippen LogP contribution in [0.3, 0.4) is 0 Å². The number of likely N-dealkylation sites (tertiary alicyclic amines) is 2.